The van der Waals surface area contributed by atoms with Crippen molar-refractivity contribution in [1.29, 1.82) is 0 Å². The van der Waals surface area contributed by atoms with E-state index in [1.807, 2.05) is 13.1 Å². The molecule has 2 heteroatoms. The molecule has 0 bridgehead atoms. The van der Waals surface area contributed by atoms with E-state index in [9.17, 15) is 0 Å². The lowest BCUT2D eigenvalue weighted by Gasteiger charge is -2.16. The number of hydrogen-bond acceptors (Lipinski definition) is 2. The summed E-state index contributed by atoms with van der Waals surface area (Å²) in [6.07, 6.45) is 0.991. The summed E-state index contributed by atoms with van der Waals surface area (Å²) in [6.45, 7) is 4.32. The van der Waals surface area contributed by atoms with Gasteiger partial charge in [-0.1, -0.05) is 55.5 Å². The van der Waals surface area contributed by atoms with Crippen LogP contribution < -0.4 is 5.32 Å². The number of benzene rings is 2. The second kappa shape index (κ2) is 5.57. The van der Waals surface area contributed by atoms with Gasteiger partial charge in [0.25, 0.3) is 0 Å². The van der Waals surface area contributed by atoms with Crippen molar-refractivity contribution in [3.63, 3.8) is 0 Å². The molecule has 0 unspecified atom stereocenters. The highest BCUT2D eigenvalue weighted by molar-refractivity contribution is 5.97. The quantitative estimate of drug-likeness (QED) is 0.742. The highest BCUT2D eigenvalue weighted by atomic mass is 14.8. The van der Waals surface area contributed by atoms with E-state index in [1.165, 1.54) is 27.8 Å². The van der Waals surface area contributed by atoms with Crippen LogP contribution in [0.5, 0.6) is 0 Å². The summed E-state index contributed by atoms with van der Waals surface area (Å²) in [4.78, 5) is 4.98. The normalized spacial score (nSPS) is 10.8. The fraction of sp³-hybridized carbons (Fsp3) is 0.211. The van der Waals surface area contributed by atoms with E-state index in [2.05, 4.69) is 61.6 Å². The van der Waals surface area contributed by atoms with Gasteiger partial charge >= 0.3 is 0 Å². The number of nitrogens with zero attached hydrogens (tertiary/aromatic N) is 1. The number of anilines is 1. The van der Waals surface area contributed by atoms with Gasteiger partial charge in [0.1, 0.15) is 0 Å². The van der Waals surface area contributed by atoms with Crippen molar-refractivity contribution < 1.29 is 0 Å². The third-order valence-corrected chi connectivity index (χ3v) is 4.02. The molecule has 3 rings (SSSR count). The lowest BCUT2D eigenvalue weighted by Crippen LogP contribution is -2.00. The molecular weight excluding hydrogens is 256 g/mol. The molecule has 1 aromatic heterocycles. The molecule has 0 saturated heterocycles. The smallest absolute Gasteiger partial charge is 0.0762 e. The third-order valence-electron chi connectivity index (χ3n) is 4.02. The molecule has 106 valence electrons. The van der Waals surface area contributed by atoms with Crippen molar-refractivity contribution in [2.45, 2.75) is 20.3 Å². The first kappa shape index (κ1) is 13.6. The molecule has 0 aliphatic heterocycles. The molecule has 2 aromatic carbocycles. The summed E-state index contributed by atoms with van der Waals surface area (Å²) in [5.74, 6) is 0. The molecule has 1 heterocycles. The number of pyridine rings is 1. The molecule has 0 atom stereocenters. The number of hydrogen-bond donors (Lipinski definition) is 1. The van der Waals surface area contributed by atoms with Gasteiger partial charge in [-0.25, -0.2) is 4.98 Å². The zero-order valence-corrected chi connectivity index (χ0v) is 12.8. The van der Waals surface area contributed by atoms with Crippen molar-refractivity contribution in [3.8, 4) is 11.3 Å². The molecule has 0 aliphatic rings. The Kier molecular flexibility index (Phi) is 3.61. The van der Waals surface area contributed by atoms with Gasteiger partial charge < -0.3 is 5.32 Å². The van der Waals surface area contributed by atoms with E-state index in [1.54, 1.807) is 0 Å². The molecule has 0 aliphatic carbocycles. The van der Waals surface area contributed by atoms with Crippen LogP contribution >= 0.6 is 0 Å². The molecule has 1 N–H and O–H groups in total. The third kappa shape index (κ3) is 2.27. The number of aromatic nitrogens is 1. The Bertz CT molecular complexity index is 776. The fourth-order valence-corrected chi connectivity index (χ4v) is 2.93. The maximum Gasteiger partial charge on any atom is 0.0762 e. The molecule has 2 nitrogen and oxygen atoms in total. The average Bonchev–Trinajstić information content (AvgIpc) is 2.54. The fourth-order valence-electron chi connectivity index (χ4n) is 2.93. The molecule has 0 radical (unpaired) electrons. The van der Waals surface area contributed by atoms with E-state index in [0.717, 1.165) is 17.6 Å². The SMILES string of the molecule is CCc1cccc2c(NC)c(C)c(-c3ccccc3)nc12. The van der Waals surface area contributed by atoms with E-state index < -0.39 is 0 Å². The largest absolute Gasteiger partial charge is 0.387 e. The van der Waals surface area contributed by atoms with Gasteiger partial charge in [0.2, 0.25) is 0 Å². The monoisotopic (exact) mass is 276 g/mol. The Morgan fingerprint density at radius 2 is 1.76 bits per heavy atom. The first-order chi connectivity index (χ1) is 10.3. The first-order valence-electron chi connectivity index (χ1n) is 7.41. The summed E-state index contributed by atoms with van der Waals surface area (Å²) in [7, 11) is 1.98. The van der Waals surface area contributed by atoms with Crippen LogP contribution in [0.25, 0.3) is 22.2 Å². The van der Waals surface area contributed by atoms with Gasteiger partial charge in [0.05, 0.1) is 11.2 Å². The van der Waals surface area contributed by atoms with Crippen LogP contribution in [0.2, 0.25) is 0 Å². The maximum atomic E-state index is 4.98. The van der Waals surface area contributed by atoms with Crippen LogP contribution in [0.1, 0.15) is 18.1 Å². The first-order valence-corrected chi connectivity index (χ1v) is 7.41. The van der Waals surface area contributed by atoms with E-state index >= 15 is 0 Å². The second-order valence-electron chi connectivity index (χ2n) is 5.24. The van der Waals surface area contributed by atoms with Crippen LogP contribution in [0.3, 0.4) is 0 Å². The number of nitrogens with one attached hydrogen (secondary N) is 1. The average molecular weight is 276 g/mol. The van der Waals surface area contributed by atoms with Crippen LogP contribution in [0.4, 0.5) is 5.69 Å². The number of fused-ring (bicyclic) bond motifs is 1. The molecule has 0 spiro atoms. The van der Waals surface area contributed by atoms with Crippen molar-refractivity contribution in [3.05, 3.63) is 59.7 Å². The Hall–Kier alpha value is -2.35. The van der Waals surface area contributed by atoms with Crippen molar-refractivity contribution in [2.24, 2.45) is 0 Å². The molecule has 0 saturated carbocycles. The highest BCUT2D eigenvalue weighted by Crippen LogP contribution is 2.34. The minimum Gasteiger partial charge on any atom is -0.387 e. The van der Waals surface area contributed by atoms with E-state index in [-0.39, 0.29) is 0 Å². The number of para-hydroxylation sites is 1. The Balaban J connectivity index is 2.39. The van der Waals surface area contributed by atoms with Gasteiger partial charge in [-0.05, 0) is 24.5 Å². The summed E-state index contributed by atoms with van der Waals surface area (Å²) >= 11 is 0. The minimum absolute atomic E-state index is 0.991. The minimum atomic E-state index is 0.991. The van der Waals surface area contributed by atoms with Crippen LogP contribution in [0, 0.1) is 6.92 Å². The lowest BCUT2D eigenvalue weighted by molar-refractivity contribution is 1.14. The molecule has 21 heavy (non-hydrogen) atoms. The number of aryl methyl sites for hydroxylation is 1. The highest BCUT2D eigenvalue weighted by Gasteiger charge is 2.13. The summed E-state index contributed by atoms with van der Waals surface area (Å²) < 4.78 is 0. The second-order valence-corrected chi connectivity index (χ2v) is 5.24. The van der Waals surface area contributed by atoms with E-state index in [4.69, 9.17) is 4.98 Å². The Labute approximate surface area is 125 Å². The van der Waals surface area contributed by atoms with Gasteiger partial charge in [-0.3, -0.25) is 0 Å². The van der Waals surface area contributed by atoms with Crippen LogP contribution in [0.15, 0.2) is 48.5 Å². The van der Waals surface area contributed by atoms with Crippen LogP contribution in [-0.2, 0) is 6.42 Å². The molecule has 3 aromatic rings. The summed E-state index contributed by atoms with van der Waals surface area (Å²) in [5, 5.41) is 4.56. The molecule has 0 fully saturated rings. The van der Waals surface area contributed by atoms with Gasteiger partial charge in [0.15, 0.2) is 0 Å². The predicted molar refractivity (Wildman–Crippen MR) is 90.8 cm³/mol. The van der Waals surface area contributed by atoms with Crippen molar-refractivity contribution >= 4 is 16.6 Å². The molecular formula is C19H20N2. The van der Waals surface area contributed by atoms with Gasteiger partial charge in [-0.15, -0.1) is 0 Å². The Morgan fingerprint density at radius 3 is 2.43 bits per heavy atom. The predicted octanol–water partition coefficient (Wildman–Crippen LogP) is 4.81. The maximum absolute atomic E-state index is 4.98. The summed E-state index contributed by atoms with van der Waals surface area (Å²) in [5.41, 5.74) is 7.00. The van der Waals surface area contributed by atoms with Crippen LogP contribution in [-0.4, -0.2) is 12.0 Å². The summed E-state index contributed by atoms with van der Waals surface area (Å²) in [6, 6.07) is 16.8. The van der Waals surface area contributed by atoms with Gasteiger partial charge in [0, 0.05) is 23.7 Å². The zero-order valence-electron chi connectivity index (χ0n) is 12.8. The molecule has 0 amide bonds. The van der Waals surface area contributed by atoms with Crippen molar-refractivity contribution in [1.82, 2.24) is 4.98 Å². The number of rotatable bonds is 3. The van der Waals surface area contributed by atoms with E-state index in [0.29, 0.717) is 0 Å². The standard InChI is InChI=1S/C19H20N2/c1-4-14-11-8-12-16-18(20-3)13(2)17(21-19(14)16)15-9-6-5-7-10-15/h5-12H,4H2,1-3H3,(H,20,21). The topological polar surface area (TPSA) is 24.9 Å². The lowest BCUT2D eigenvalue weighted by atomic mass is 9.99. The van der Waals surface area contributed by atoms with Crippen molar-refractivity contribution in [2.75, 3.05) is 12.4 Å². The Morgan fingerprint density at radius 1 is 1.00 bits per heavy atom. The van der Waals surface area contributed by atoms with Gasteiger partial charge in [-0.2, -0.15) is 0 Å². The zero-order chi connectivity index (χ0) is 14.8.